The monoisotopic (exact) mass is 252 g/mol. The van der Waals surface area contributed by atoms with Gasteiger partial charge >= 0.3 is 19.5 Å². The van der Waals surface area contributed by atoms with E-state index in [1.165, 1.54) is 0 Å². The van der Waals surface area contributed by atoms with Crippen LogP contribution in [-0.2, 0) is 28.6 Å². The summed E-state index contributed by atoms with van der Waals surface area (Å²) in [4.78, 5) is 16.7. The summed E-state index contributed by atoms with van der Waals surface area (Å²) in [5.74, 6) is 0. The third-order valence-corrected chi connectivity index (χ3v) is 0.1000. The molecule has 0 unspecified atom stereocenters. The Morgan fingerprint density at radius 3 is 1.09 bits per heavy atom. The molecule has 9 heteroatoms. The molecule has 6 nitrogen and oxygen atoms in total. The van der Waals surface area contributed by atoms with Crippen LogP contribution in [0.4, 0.5) is 0 Å². The number of aliphatic hydroxyl groups is 2. The maximum absolute atomic E-state index is 8.35. The molecule has 0 rings (SSSR count). The molecule has 0 radical (unpaired) electrons. The van der Waals surface area contributed by atoms with Gasteiger partial charge in [-0.05, 0) is 0 Å². The van der Waals surface area contributed by atoms with Gasteiger partial charge < -0.3 is 20.0 Å². The fraction of sp³-hybridized carbons (Fsp3) is 1.00. The Hall–Kier alpha value is 0.663. The van der Waals surface area contributed by atoms with Crippen LogP contribution in [0.25, 0.3) is 0 Å². The molecule has 0 spiro atoms. The Balaban J connectivity index is -0.0000000325. The SMILES string of the molecule is O=P[O-].O=P[O-].OCCO.[Zn+2]. The van der Waals surface area contributed by atoms with Gasteiger partial charge in [0.15, 0.2) is 0 Å². The fourth-order valence-electron chi connectivity index (χ4n) is 0. The maximum atomic E-state index is 8.35. The van der Waals surface area contributed by atoms with Gasteiger partial charge in [0.1, 0.15) is 0 Å². The van der Waals surface area contributed by atoms with E-state index in [1.807, 2.05) is 0 Å². The van der Waals surface area contributed by atoms with Crippen molar-refractivity contribution in [2.24, 2.45) is 0 Å². The topological polar surface area (TPSA) is 121 Å². The number of aliphatic hydroxyl groups excluding tert-OH is 2. The van der Waals surface area contributed by atoms with Crippen LogP contribution < -0.4 is 9.79 Å². The van der Waals surface area contributed by atoms with Crippen molar-refractivity contribution < 1.29 is 48.6 Å². The normalized spacial score (nSPS) is 6.55. The maximum Gasteiger partial charge on any atom is 2.00 e. The van der Waals surface area contributed by atoms with Crippen molar-refractivity contribution in [2.75, 3.05) is 13.2 Å². The summed E-state index contributed by atoms with van der Waals surface area (Å²) >= 11 is 0. The van der Waals surface area contributed by atoms with Crippen LogP contribution in [0.5, 0.6) is 0 Å². The minimum absolute atomic E-state index is 0. The smallest absolute Gasteiger partial charge is 0.772 e. The molecule has 0 aliphatic carbocycles. The predicted octanol–water partition coefficient (Wildman–Crippen LogP) is -1.92. The van der Waals surface area contributed by atoms with E-state index in [2.05, 4.69) is 0 Å². The first-order valence-electron chi connectivity index (χ1n) is 1.86. The van der Waals surface area contributed by atoms with E-state index in [9.17, 15) is 0 Å². The minimum Gasteiger partial charge on any atom is -0.772 e. The van der Waals surface area contributed by atoms with Crippen molar-refractivity contribution in [1.29, 1.82) is 0 Å². The molecular weight excluding hydrogens is 247 g/mol. The average Bonchev–Trinajstić information content (AvgIpc) is 1.91. The predicted molar refractivity (Wildman–Crippen MR) is 29.4 cm³/mol. The summed E-state index contributed by atoms with van der Waals surface area (Å²) in [5.41, 5.74) is 0. The summed E-state index contributed by atoms with van der Waals surface area (Å²) in [5, 5.41) is 15.2. The van der Waals surface area contributed by atoms with Gasteiger partial charge in [0.2, 0.25) is 0 Å². The largest absolute Gasteiger partial charge is 2.00 e. The quantitative estimate of drug-likeness (QED) is 0.415. The zero-order valence-electron chi connectivity index (χ0n) is 5.54. The van der Waals surface area contributed by atoms with Gasteiger partial charge in [0, 0.05) is 0 Å². The fourth-order valence-corrected chi connectivity index (χ4v) is 0. The Bertz CT molecular complexity index is 54.5. The summed E-state index contributed by atoms with van der Waals surface area (Å²) in [7, 11) is -2.17. The Labute approximate surface area is 79.6 Å². The average molecular weight is 253 g/mol. The first-order valence-corrected chi connectivity index (χ1v) is 3.32. The second kappa shape index (κ2) is 45.8. The molecule has 0 aliphatic heterocycles. The van der Waals surface area contributed by atoms with Crippen molar-refractivity contribution in [1.82, 2.24) is 0 Å². The van der Waals surface area contributed by atoms with Crippen molar-refractivity contribution >= 4 is 17.4 Å². The molecule has 0 saturated carbocycles. The number of rotatable bonds is 1. The number of hydrogen-bond donors (Lipinski definition) is 2. The Morgan fingerprint density at radius 1 is 1.00 bits per heavy atom. The molecule has 62 valence electrons. The Morgan fingerprint density at radius 2 is 1.09 bits per heavy atom. The summed E-state index contributed by atoms with van der Waals surface area (Å²) < 4.78 is 16.7. The molecule has 2 N–H and O–H groups in total. The molecule has 0 bridgehead atoms. The second-order valence-corrected chi connectivity index (χ2v) is 0.894. The van der Waals surface area contributed by atoms with E-state index in [-0.39, 0.29) is 32.7 Å². The van der Waals surface area contributed by atoms with Gasteiger partial charge in [0.05, 0.1) is 30.6 Å². The molecular formula is C2H6O6P2Zn. The van der Waals surface area contributed by atoms with Gasteiger partial charge in [-0.1, -0.05) is 0 Å². The van der Waals surface area contributed by atoms with Crippen LogP contribution in [0, 0.1) is 0 Å². The van der Waals surface area contributed by atoms with Gasteiger partial charge in [0.25, 0.3) is 0 Å². The zero-order valence-corrected chi connectivity index (χ0v) is 10.3. The summed E-state index contributed by atoms with van der Waals surface area (Å²) in [6.07, 6.45) is 0. The molecule has 0 aromatic heterocycles. The van der Waals surface area contributed by atoms with Crippen LogP contribution in [-0.4, -0.2) is 23.4 Å². The first-order chi connectivity index (χ1) is 4.74. The number of hydrogen-bond acceptors (Lipinski definition) is 6. The molecule has 0 atom stereocenters. The van der Waals surface area contributed by atoms with E-state index >= 15 is 0 Å². The third-order valence-electron chi connectivity index (χ3n) is 0.1000. The van der Waals surface area contributed by atoms with E-state index in [0.29, 0.717) is 0 Å². The van der Waals surface area contributed by atoms with Crippen LogP contribution in [0.15, 0.2) is 0 Å². The van der Waals surface area contributed by atoms with E-state index < -0.39 is 17.4 Å². The zero-order chi connectivity index (χ0) is 8.83. The van der Waals surface area contributed by atoms with Crippen LogP contribution in [0.2, 0.25) is 0 Å². The molecule has 0 aromatic carbocycles. The molecule has 0 heterocycles. The molecule has 0 aliphatic rings. The Kier molecular flexibility index (Phi) is 94.0. The summed E-state index contributed by atoms with van der Waals surface area (Å²) in [6.45, 7) is -0.250. The molecule has 0 amide bonds. The third kappa shape index (κ3) is 289. The van der Waals surface area contributed by atoms with Gasteiger partial charge in [-0.25, -0.2) is 0 Å². The molecule has 0 fully saturated rings. The van der Waals surface area contributed by atoms with Gasteiger partial charge in [-0.3, -0.25) is 9.13 Å². The second-order valence-electron chi connectivity index (χ2n) is 0.596. The van der Waals surface area contributed by atoms with Crippen molar-refractivity contribution in [3.63, 3.8) is 0 Å². The van der Waals surface area contributed by atoms with Crippen LogP contribution in [0.1, 0.15) is 0 Å². The standard InChI is InChI=1S/C2H6O2.2HO2P.Zn/c3-1-2-4;2*1-3-2;/h3-4H,1-2H2;2*(H,1,2);/q;;;+2/p-2. The summed E-state index contributed by atoms with van der Waals surface area (Å²) in [6, 6.07) is 0. The van der Waals surface area contributed by atoms with Gasteiger partial charge in [-0.15, -0.1) is 0 Å². The van der Waals surface area contributed by atoms with E-state index in [4.69, 9.17) is 29.1 Å². The first kappa shape index (κ1) is 22.6. The van der Waals surface area contributed by atoms with E-state index in [1.54, 1.807) is 0 Å². The van der Waals surface area contributed by atoms with Crippen LogP contribution >= 0.6 is 17.4 Å². The van der Waals surface area contributed by atoms with Crippen molar-refractivity contribution in [2.45, 2.75) is 0 Å². The van der Waals surface area contributed by atoms with Gasteiger partial charge in [-0.2, -0.15) is 0 Å². The molecule has 11 heavy (non-hydrogen) atoms. The molecule has 0 aromatic rings. The minimum atomic E-state index is -1.08. The van der Waals surface area contributed by atoms with Crippen molar-refractivity contribution in [3.05, 3.63) is 0 Å². The van der Waals surface area contributed by atoms with Crippen molar-refractivity contribution in [3.8, 4) is 0 Å². The molecule has 0 saturated heterocycles. The van der Waals surface area contributed by atoms with E-state index in [0.717, 1.165) is 0 Å². The van der Waals surface area contributed by atoms with Crippen LogP contribution in [0.3, 0.4) is 0 Å².